The molecule has 0 aliphatic heterocycles. The number of nitrogens with zero attached hydrogens (tertiary/aromatic N) is 2. The number of nitrogens with one attached hydrogen (secondary N) is 1. The summed E-state index contributed by atoms with van der Waals surface area (Å²) in [6, 6.07) is 9.69. The van der Waals surface area contributed by atoms with Crippen LogP contribution in [0.4, 0.5) is 0 Å². The Morgan fingerprint density at radius 3 is 2.52 bits per heavy atom. The van der Waals surface area contributed by atoms with Gasteiger partial charge in [0, 0.05) is 52.1 Å². The monoisotopic (exact) mass is 273 g/mol. The lowest BCUT2D eigenvalue weighted by Gasteiger charge is -1.98. The Kier molecular flexibility index (Phi) is 2.54. The van der Waals surface area contributed by atoms with Crippen molar-refractivity contribution in [3.8, 4) is 11.3 Å². The Morgan fingerprint density at radius 2 is 1.71 bits per heavy atom. The van der Waals surface area contributed by atoms with E-state index in [4.69, 9.17) is 0 Å². The highest BCUT2D eigenvalue weighted by molar-refractivity contribution is 6.13. The SMILES string of the molecule is O=Cc1c(-c2ccncc2)[nH]c2c1ccc1cnccc12. The van der Waals surface area contributed by atoms with Crippen molar-refractivity contribution in [3.63, 3.8) is 0 Å². The van der Waals surface area contributed by atoms with Crippen LogP contribution < -0.4 is 0 Å². The van der Waals surface area contributed by atoms with Gasteiger partial charge in [-0.1, -0.05) is 12.1 Å². The number of aromatic nitrogens is 3. The maximum atomic E-state index is 11.6. The van der Waals surface area contributed by atoms with Crippen LogP contribution in [0.15, 0.2) is 55.1 Å². The summed E-state index contributed by atoms with van der Waals surface area (Å²) >= 11 is 0. The minimum Gasteiger partial charge on any atom is -0.353 e. The highest BCUT2D eigenvalue weighted by Crippen LogP contribution is 2.32. The number of pyridine rings is 2. The zero-order valence-corrected chi connectivity index (χ0v) is 11.1. The van der Waals surface area contributed by atoms with E-state index in [0.29, 0.717) is 5.56 Å². The molecule has 0 radical (unpaired) electrons. The molecule has 4 heteroatoms. The van der Waals surface area contributed by atoms with Crippen LogP contribution in [0.25, 0.3) is 32.9 Å². The first-order valence-electron chi connectivity index (χ1n) is 6.62. The van der Waals surface area contributed by atoms with E-state index in [1.807, 2.05) is 36.5 Å². The third-order valence-corrected chi connectivity index (χ3v) is 3.72. The highest BCUT2D eigenvalue weighted by atomic mass is 16.1. The molecule has 0 saturated carbocycles. The molecule has 0 amide bonds. The van der Waals surface area contributed by atoms with Gasteiger partial charge in [0.1, 0.15) is 0 Å². The van der Waals surface area contributed by atoms with Crippen LogP contribution in [0.5, 0.6) is 0 Å². The summed E-state index contributed by atoms with van der Waals surface area (Å²) < 4.78 is 0. The molecule has 0 saturated heterocycles. The van der Waals surface area contributed by atoms with E-state index in [-0.39, 0.29) is 0 Å². The minimum atomic E-state index is 0.676. The number of hydrogen-bond acceptors (Lipinski definition) is 3. The van der Waals surface area contributed by atoms with Crippen LogP contribution in [-0.4, -0.2) is 21.2 Å². The molecule has 21 heavy (non-hydrogen) atoms. The molecule has 0 bridgehead atoms. The van der Waals surface area contributed by atoms with Crippen molar-refractivity contribution in [2.75, 3.05) is 0 Å². The number of aromatic amines is 1. The normalized spacial score (nSPS) is 11.0. The second-order valence-corrected chi connectivity index (χ2v) is 4.85. The highest BCUT2D eigenvalue weighted by Gasteiger charge is 2.14. The van der Waals surface area contributed by atoms with Gasteiger partial charge in [-0.2, -0.15) is 0 Å². The number of H-pyrrole nitrogens is 1. The maximum absolute atomic E-state index is 11.6. The van der Waals surface area contributed by atoms with Crippen molar-refractivity contribution in [1.82, 2.24) is 15.0 Å². The number of hydrogen-bond donors (Lipinski definition) is 1. The number of fused-ring (bicyclic) bond motifs is 3. The Hall–Kier alpha value is -3.01. The van der Waals surface area contributed by atoms with E-state index >= 15 is 0 Å². The van der Waals surface area contributed by atoms with Gasteiger partial charge in [0.25, 0.3) is 0 Å². The molecule has 4 aromatic rings. The molecular formula is C17H11N3O. The third-order valence-electron chi connectivity index (χ3n) is 3.72. The van der Waals surface area contributed by atoms with Gasteiger partial charge >= 0.3 is 0 Å². The van der Waals surface area contributed by atoms with Crippen molar-refractivity contribution in [2.45, 2.75) is 0 Å². The second-order valence-electron chi connectivity index (χ2n) is 4.85. The van der Waals surface area contributed by atoms with Gasteiger partial charge in [0.05, 0.1) is 11.2 Å². The van der Waals surface area contributed by atoms with Crippen LogP contribution in [0.1, 0.15) is 10.4 Å². The lowest BCUT2D eigenvalue weighted by Crippen LogP contribution is -1.84. The molecule has 1 N–H and O–H groups in total. The summed E-state index contributed by atoms with van der Waals surface area (Å²) in [6.45, 7) is 0. The van der Waals surface area contributed by atoms with Crippen LogP contribution in [0.2, 0.25) is 0 Å². The van der Waals surface area contributed by atoms with Gasteiger partial charge in [-0.15, -0.1) is 0 Å². The summed E-state index contributed by atoms with van der Waals surface area (Å²) in [7, 11) is 0. The molecule has 0 fully saturated rings. The summed E-state index contributed by atoms with van der Waals surface area (Å²) in [4.78, 5) is 23.1. The van der Waals surface area contributed by atoms with Gasteiger partial charge < -0.3 is 4.98 Å². The first kappa shape index (κ1) is 11.8. The predicted molar refractivity (Wildman–Crippen MR) is 82.2 cm³/mol. The van der Waals surface area contributed by atoms with Gasteiger partial charge in [-0.05, 0) is 18.2 Å². The summed E-state index contributed by atoms with van der Waals surface area (Å²) in [5.74, 6) is 0. The van der Waals surface area contributed by atoms with Crippen LogP contribution in [-0.2, 0) is 0 Å². The molecule has 0 aliphatic rings. The molecule has 100 valence electrons. The number of benzene rings is 1. The van der Waals surface area contributed by atoms with E-state index in [1.54, 1.807) is 18.6 Å². The molecular weight excluding hydrogens is 262 g/mol. The van der Waals surface area contributed by atoms with Gasteiger partial charge in [-0.25, -0.2) is 0 Å². The third kappa shape index (κ3) is 1.73. The first-order chi connectivity index (χ1) is 10.4. The van der Waals surface area contributed by atoms with Gasteiger partial charge in [-0.3, -0.25) is 14.8 Å². The Morgan fingerprint density at radius 1 is 0.905 bits per heavy atom. The quantitative estimate of drug-likeness (QED) is 0.568. The van der Waals surface area contributed by atoms with Crippen molar-refractivity contribution in [1.29, 1.82) is 0 Å². The number of carbonyl (C=O) groups is 1. The summed E-state index contributed by atoms with van der Waals surface area (Å²) in [5.41, 5.74) is 3.41. The van der Waals surface area contributed by atoms with E-state index in [2.05, 4.69) is 15.0 Å². The summed E-state index contributed by atoms with van der Waals surface area (Å²) in [6.07, 6.45) is 7.92. The zero-order valence-electron chi connectivity index (χ0n) is 11.1. The summed E-state index contributed by atoms with van der Waals surface area (Å²) in [5, 5.41) is 3.03. The number of rotatable bonds is 2. The molecule has 0 spiro atoms. The molecule has 0 aliphatic carbocycles. The van der Waals surface area contributed by atoms with E-state index < -0.39 is 0 Å². The van der Waals surface area contributed by atoms with E-state index in [9.17, 15) is 4.79 Å². The molecule has 1 aromatic carbocycles. The van der Waals surface area contributed by atoms with E-state index in [0.717, 1.165) is 39.2 Å². The molecule has 0 unspecified atom stereocenters. The van der Waals surface area contributed by atoms with Crippen LogP contribution in [0, 0.1) is 0 Å². The van der Waals surface area contributed by atoms with Gasteiger partial charge in [0.2, 0.25) is 0 Å². The molecule has 3 aromatic heterocycles. The number of aldehydes is 1. The Bertz CT molecular complexity index is 958. The predicted octanol–water partition coefficient (Wildman–Crippen LogP) is 3.59. The minimum absolute atomic E-state index is 0.676. The molecule has 4 rings (SSSR count). The fraction of sp³-hybridized carbons (Fsp3) is 0. The average molecular weight is 273 g/mol. The topological polar surface area (TPSA) is 58.6 Å². The van der Waals surface area contributed by atoms with Gasteiger partial charge in [0.15, 0.2) is 6.29 Å². The lowest BCUT2D eigenvalue weighted by molar-refractivity contribution is 0.112. The van der Waals surface area contributed by atoms with Crippen LogP contribution >= 0.6 is 0 Å². The van der Waals surface area contributed by atoms with E-state index in [1.165, 1.54) is 0 Å². The zero-order chi connectivity index (χ0) is 14.2. The van der Waals surface area contributed by atoms with Crippen molar-refractivity contribution in [3.05, 3.63) is 60.7 Å². The molecule has 4 nitrogen and oxygen atoms in total. The van der Waals surface area contributed by atoms with Crippen molar-refractivity contribution < 1.29 is 4.79 Å². The van der Waals surface area contributed by atoms with Crippen molar-refractivity contribution >= 4 is 28.0 Å². The fourth-order valence-electron chi connectivity index (χ4n) is 2.72. The standard InChI is InChI=1S/C17H11N3O/c21-10-15-14-2-1-12-9-19-8-5-13(12)17(14)20-16(15)11-3-6-18-7-4-11/h1-10,20H. The maximum Gasteiger partial charge on any atom is 0.152 e. The molecule has 3 heterocycles. The lowest BCUT2D eigenvalue weighted by atomic mass is 10.1. The average Bonchev–Trinajstić information content (AvgIpc) is 2.94. The second kappa shape index (κ2) is 4.52. The Labute approximate surface area is 120 Å². The Balaban J connectivity index is 2.13. The number of carbonyl (C=O) groups excluding carboxylic acids is 1. The first-order valence-corrected chi connectivity index (χ1v) is 6.62. The van der Waals surface area contributed by atoms with Crippen LogP contribution in [0.3, 0.4) is 0 Å². The smallest absolute Gasteiger partial charge is 0.152 e. The molecule has 0 atom stereocenters. The largest absolute Gasteiger partial charge is 0.353 e. The van der Waals surface area contributed by atoms with Crippen molar-refractivity contribution in [2.24, 2.45) is 0 Å². The fourth-order valence-corrected chi connectivity index (χ4v) is 2.72.